The fourth-order valence-electron chi connectivity index (χ4n) is 7.96. The highest BCUT2D eigenvalue weighted by Crippen LogP contribution is 2.38. The SMILES string of the molecule is CC/C=C/C/C=C/C/C=C/C/C=C/C/C=C/CCC(=O)NC(COP(=O)([O-])OCC[N+](C)(C)C)C(/C=C/CCCCCCCCCCCCC)OC(=O)CCCCCCC/C=C\C/C=C\C/C=C\C/C=C\CCCCC. The van der Waals surface area contributed by atoms with Gasteiger partial charge in [-0.2, -0.15) is 0 Å². The molecule has 0 bridgehead atoms. The first-order chi connectivity index (χ1) is 36.9. The predicted molar refractivity (Wildman–Crippen MR) is 325 cm³/mol. The Bertz CT molecular complexity index is 1720. The second kappa shape index (κ2) is 54.8. The molecule has 0 saturated carbocycles. The molecule has 76 heavy (non-hydrogen) atoms. The summed E-state index contributed by atoms with van der Waals surface area (Å²) in [6, 6.07) is -0.944. The van der Waals surface area contributed by atoms with Crippen LogP contribution in [0.15, 0.2) is 122 Å². The average molecular weight is 1080 g/mol. The number of allylic oxidation sites excluding steroid dienone is 19. The maximum absolute atomic E-state index is 13.5. The highest BCUT2D eigenvalue weighted by Gasteiger charge is 2.27. The van der Waals surface area contributed by atoms with Crippen molar-refractivity contribution in [3.05, 3.63) is 122 Å². The molecule has 434 valence electrons. The van der Waals surface area contributed by atoms with Gasteiger partial charge in [-0.1, -0.05) is 233 Å². The van der Waals surface area contributed by atoms with E-state index in [9.17, 15) is 19.0 Å². The van der Waals surface area contributed by atoms with E-state index in [-0.39, 0.29) is 31.3 Å². The van der Waals surface area contributed by atoms with Gasteiger partial charge in [-0.25, -0.2) is 0 Å². The van der Waals surface area contributed by atoms with Crippen LogP contribution in [0, 0.1) is 0 Å². The molecule has 3 atom stereocenters. The minimum absolute atomic E-state index is 0.0453. The quantitative estimate of drug-likeness (QED) is 0.0212. The van der Waals surface area contributed by atoms with Crippen LogP contribution in [0.3, 0.4) is 0 Å². The molecule has 0 aliphatic heterocycles. The van der Waals surface area contributed by atoms with Gasteiger partial charge in [0.15, 0.2) is 0 Å². The lowest BCUT2D eigenvalue weighted by Gasteiger charge is -2.30. The Morgan fingerprint density at radius 2 is 0.855 bits per heavy atom. The molecule has 0 aliphatic rings. The van der Waals surface area contributed by atoms with Gasteiger partial charge in [0.05, 0.1) is 33.8 Å². The third kappa shape index (κ3) is 55.2. The van der Waals surface area contributed by atoms with E-state index in [0.717, 1.165) is 103 Å². The van der Waals surface area contributed by atoms with Crippen molar-refractivity contribution >= 4 is 19.7 Å². The number of amides is 1. The number of phosphoric ester groups is 1. The minimum atomic E-state index is -4.73. The molecular formula is C66H113N2O7P. The molecule has 1 N–H and O–H groups in total. The topological polar surface area (TPSA) is 114 Å². The number of rotatable bonds is 53. The Morgan fingerprint density at radius 3 is 1.32 bits per heavy atom. The van der Waals surface area contributed by atoms with Crippen LogP contribution >= 0.6 is 7.82 Å². The molecule has 0 saturated heterocycles. The zero-order chi connectivity index (χ0) is 55.7. The third-order valence-electron chi connectivity index (χ3n) is 12.6. The van der Waals surface area contributed by atoms with E-state index in [2.05, 4.69) is 123 Å². The Balaban J connectivity index is 5.45. The number of hydrogen-bond acceptors (Lipinski definition) is 7. The van der Waals surface area contributed by atoms with Crippen molar-refractivity contribution in [2.45, 2.75) is 245 Å². The van der Waals surface area contributed by atoms with Gasteiger partial charge >= 0.3 is 5.97 Å². The third-order valence-corrected chi connectivity index (χ3v) is 13.6. The number of phosphoric acid groups is 1. The highest BCUT2D eigenvalue weighted by atomic mass is 31.2. The Hall–Kier alpha value is -3.59. The molecule has 0 heterocycles. The molecule has 3 unspecified atom stereocenters. The van der Waals surface area contributed by atoms with Crippen molar-refractivity contribution in [3.63, 3.8) is 0 Å². The molecule has 0 rings (SSSR count). The highest BCUT2D eigenvalue weighted by molar-refractivity contribution is 7.45. The van der Waals surface area contributed by atoms with Crippen LogP contribution in [-0.2, 0) is 27.9 Å². The summed E-state index contributed by atoms with van der Waals surface area (Å²) in [7, 11) is 1.11. The van der Waals surface area contributed by atoms with Gasteiger partial charge in [-0.15, -0.1) is 0 Å². The van der Waals surface area contributed by atoms with Crippen LogP contribution in [-0.4, -0.2) is 69.4 Å². The summed E-state index contributed by atoms with van der Waals surface area (Å²) in [6.07, 6.45) is 76.1. The van der Waals surface area contributed by atoms with Crippen molar-refractivity contribution in [1.29, 1.82) is 0 Å². The van der Waals surface area contributed by atoms with Crippen LogP contribution in [0.5, 0.6) is 0 Å². The van der Waals surface area contributed by atoms with E-state index < -0.39 is 26.6 Å². The van der Waals surface area contributed by atoms with Crippen LogP contribution in [0.2, 0.25) is 0 Å². The van der Waals surface area contributed by atoms with E-state index in [1.165, 1.54) is 83.5 Å². The first kappa shape index (κ1) is 72.4. The van der Waals surface area contributed by atoms with Gasteiger partial charge in [0.2, 0.25) is 5.91 Å². The number of carbonyl (C=O) groups is 2. The summed E-state index contributed by atoms with van der Waals surface area (Å²) in [6.45, 7) is 6.61. The minimum Gasteiger partial charge on any atom is -0.756 e. The predicted octanol–water partition coefficient (Wildman–Crippen LogP) is 18.1. The monoisotopic (exact) mass is 1080 g/mol. The number of hydrogen-bond donors (Lipinski definition) is 1. The van der Waals surface area contributed by atoms with Gasteiger partial charge in [-0.05, 0) is 109 Å². The van der Waals surface area contributed by atoms with Crippen LogP contribution < -0.4 is 10.2 Å². The summed E-state index contributed by atoms with van der Waals surface area (Å²) < 4.78 is 30.2. The smallest absolute Gasteiger partial charge is 0.306 e. The molecule has 10 heteroatoms. The van der Waals surface area contributed by atoms with E-state index >= 15 is 0 Å². The van der Waals surface area contributed by atoms with Crippen LogP contribution in [0.25, 0.3) is 0 Å². The van der Waals surface area contributed by atoms with Crippen molar-refractivity contribution in [2.24, 2.45) is 0 Å². The number of unbranched alkanes of at least 4 members (excludes halogenated alkanes) is 19. The molecule has 0 aromatic heterocycles. The second-order valence-corrected chi connectivity index (χ2v) is 22.5. The molecule has 0 radical (unpaired) electrons. The fraction of sp³-hybridized carbons (Fsp3) is 0.667. The Labute approximate surface area is 467 Å². The molecular weight excluding hydrogens is 964 g/mol. The van der Waals surface area contributed by atoms with Gasteiger partial charge in [0.25, 0.3) is 7.82 Å². The summed E-state index contributed by atoms with van der Waals surface area (Å²) >= 11 is 0. The number of esters is 1. The Kier molecular flexibility index (Phi) is 52.2. The number of nitrogens with zero attached hydrogens (tertiary/aromatic N) is 1. The molecule has 0 aliphatic carbocycles. The second-order valence-electron chi connectivity index (χ2n) is 21.1. The maximum Gasteiger partial charge on any atom is 0.306 e. The van der Waals surface area contributed by atoms with Crippen LogP contribution in [0.1, 0.15) is 233 Å². The summed E-state index contributed by atoms with van der Waals surface area (Å²) in [5.74, 6) is -0.667. The first-order valence-electron chi connectivity index (χ1n) is 30.3. The number of ether oxygens (including phenoxy) is 1. The molecule has 9 nitrogen and oxygen atoms in total. The van der Waals surface area contributed by atoms with Gasteiger partial charge in [0.1, 0.15) is 19.3 Å². The molecule has 1 amide bonds. The molecule has 0 spiro atoms. The van der Waals surface area contributed by atoms with E-state index in [0.29, 0.717) is 23.9 Å². The number of carbonyl (C=O) groups excluding carboxylic acids is 2. The lowest BCUT2D eigenvalue weighted by Crippen LogP contribution is -2.47. The number of quaternary nitrogens is 1. The normalized spacial score (nSPS) is 14.6. The molecule has 0 aromatic carbocycles. The molecule has 0 fully saturated rings. The van der Waals surface area contributed by atoms with E-state index in [1.54, 1.807) is 6.08 Å². The van der Waals surface area contributed by atoms with Crippen molar-refractivity contribution in [2.75, 3.05) is 40.9 Å². The summed E-state index contributed by atoms with van der Waals surface area (Å²) in [4.78, 5) is 39.9. The fourth-order valence-corrected chi connectivity index (χ4v) is 8.68. The van der Waals surface area contributed by atoms with Crippen molar-refractivity contribution < 1.29 is 37.3 Å². The maximum atomic E-state index is 13.5. The van der Waals surface area contributed by atoms with Crippen molar-refractivity contribution in [3.8, 4) is 0 Å². The summed E-state index contributed by atoms with van der Waals surface area (Å²) in [5, 5.41) is 2.97. The lowest BCUT2D eigenvalue weighted by molar-refractivity contribution is -0.870. The zero-order valence-electron chi connectivity index (χ0n) is 49.4. The van der Waals surface area contributed by atoms with Crippen LogP contribution in [0.4, 0.5) is 0 Å². The largest absolute Gasteiger partial charge is 0.756 e. The van der Waals surface area contributed by atoms with E-state index in [1.807, 2.05) is 39.4 Å². The first-order valence-corrected chi connectivity index (χ1v) is 31.8. The van der Waals surface area contributed by atoms with Gasteiger partial charge in [0, 0.05) is 12.8 Å². The number of nitrogens with one attached hydrogen (secondary N) is 1. The van der Waals surface area contributed by atoms with E-state index in [4.69, 9.17) is 13.8 Å². The van der Waals surface area contributed by atoms with Gasteiger partial charge in [-0.3, -0.25) is 14.2 Å². The number of likely N-dealkylation sites (N-methyl/N-ethyl adjacent to an activating group) is 1. The zero-order valence-corrected chi connectivity index (χ0v) is 50.3. The summed E-state index contributed by atoms with van der Waals surface area (Å²) in [5.41, 5.74) is 0. The van der Waals surface area contributed by atoms with Gasteiger partial charge < -0.3 is 28.5 Å². The van der Waals surface area contributed by atoms with Crippen molar-refractivity contribution in [1.82, 2.24) is 5.32 Å². The average Bonchev–Trinajstić information content (AvgIpc) is 3.38. The molecule has 0 aromatic rings. The standard InChI is InChI=1S/C66H113N2O7P/c1-7-10-13-16-19-22-25-28-30-32-33-34-35-36-38-41-44-47-50-53-56-59-66(70)75-64(57-54-51-48-45-42-39-27-24-21-18-15-12-9-3)63(62-74-76(71,72)73-61-60-68(4,5)6)67-65(69)58-55-52-49-46-43-40-37-31-29-26-23-20-17-14-11-8-2/h11,14,19-20,22-23,28-31,33-34,36,38,40,43,49,52,54,57,63-64H,7-10,12-13,15-18,21,24-27,32,35,37,39,41-42,44-48,50-51,53,55-56,58-62H2,1-6H3,(H-,67,69,71,72)/b14-11+,22-19-,23-20+,30-28-,31-29+,34-33-,38-36-,43-40+,52-49+,57-54+. The Morgan fingerprint density at radius 1 is 0.474 bits per heavy atom. The lowest BCUT2D eigenvalue weighted by atomic mass is 10.0.